The number of hydrogen-bond donors (Lipinski definition) is 1. The molecule has 0 bridgehead atoms. The number of carbonyl (C=O) groups excluding carboxylic acids is 1. The third-order valence-electron chi connectivity index (χ3n) is 2.89. The lowest BCUT2D eigenvalue weighted by Gasteiger charge is -2.22. The first-order valence-electron chi connectivity index (χ1n) is 6.37. The lowest BCUT2D eigenvalue weighted by atomic mass is 10.1. The molecule has 1 unspecified atom stereocenters. The van der Waals surface area contributed by atoms with Gasteiger partial charge in [0.15, 0.2) is 0 Å². The van der Waals surface area contributed by atoms with E-state index in [2.05, 4.69) is 10.9 Å². The predicted octanol–water partition coefficient (Wildman–Crippen LogP) is 1.94. The zero-order chi connectivity index (χ0) is 14.7. The fourth-order valence-corrected chi connectivity index (χ4v) is 2.11. The highest BCUT2D eigenvalue weighted by Gasteiger charge is 2.33. The number of amides is 2. The number of hydrogen-bond acceptors (Lipinski definition) is 3. The van der Waals surface area contributed by atoms with Crippen LogP contribution in [0, 0.1) is 12.3 Å². The Bertz CT molecular complexity index is 570. The van der Waals surface area contributed by atoms with Crippen LogP contribution in [0.5, 0.6) is 5.75 Å². The van der Waals surface area contributed by atoms with Gasteiger partial charge in [0, 0.05) is 0 Å². The van der Waals surface area contributed by atoms with E-state index in [4.69, 9.17) is 16.9 Å². The van der Waals surface area contributed by atoms with Gasteiger partial charge in [0.2, 0.25) is 0 Å². The Morgan fingerprint density at radius 3 is 2.65 bits per heavy atom. The third-order valence-corrected chi connectivity index (χ3v) is 2.89. The minimum absolute atomic E-state index is 0.110. The molecule has 1 aromatic rings. The largest absolute Gasteiger partial charge is 0.491 e. The third kappa shape index (κ3) is 2.75. The summed E-state index contributed by atoms with van der Waals surface area (Å²) in [5.41, 5.74) is 6.69. The molecule has 5 heteroatoms. The van der Waals surface area contributed by atoms with Crippen LogP contribution in [-0.4, -0.2) is 29.4 Å². The molecule has 0 fully saturated rings. The molecule has 2 N–H and O–H groups in total. The second-order valence-corrected chi connectivity index (χ2v) is 4.79. The zero-order valence-electron chi connectivity index (χ0n) is 11.5. The monoisotopic (exact) mass is 271 g/mol. The second-order valence-electron chi connectivity index (χ2n) is 4.79. The molecule has 0 saturated carbocycles. The van der Waals surface area contributed by atoms with Gasteiger partial charge in [0.25, 0.3) is 0 Å². The maximum atomic E-state index is 11.7. The smallest absolute Gasteiger partial charge is 0.346 e. The molecule has 1 atom stereocenters. The van der Waals surface area contributed by atoms with Crippen molar-refractivity contribution < 1.29 is 9.53 Å². The summed E-state index contributed by atoms with van der Waals surface area (Å²) in [4.78, 5) is 16.9. The number of aliphatic imine (C=N–C) groups is 1. The number of urea groups is 1. The zero-order valence-corrected chi connectivity index (χ0v) is 11.5. The van der Waals surface area contributed by atoms with Crippen molar-refractivity contribution >= 4 is 11.9 Å². The van der Waals surface area contributed by atoms with Gasteiger partial charge >= 0.3 is 6.03 Å². The first-order valence-corrected chi connectivity index (χ1v) is 6.37. The van der Waals surface area contributed by atoms with Crippen LogP contribution in [0.4, 0.5) is 4.79 Å². The molecule has 2 rings (SSSR count). The maximum Gasteiger partial charge on any atom is 0.346 e. The van der Waals surface area contributed by atoms with Crippen LogP contribution in [0.3, 0.4) is 0 Å². The van der Waals surface area contributed by atoms with Crippen molar-refractivity contribution in [2.45, 2.75) is 26.0 Å². The molecule has 0 aromatic heterocycles. The van der Waals surface area contributed by atoms with E-state index < -0.39 is 12.1 Å². The molecule has 1 aromatic carbocycles. The van der Waals surface area contributed by atoms with Crippen LogP contribution >= 0.6 is 0 Å². The van der Waals surface area contributed by atoms with Crippen molar-refractivity contribution in [2.75, 3.05) is 6.54 Å². The number of terminal acetylenes is 1. The van der Waals surface area contributed by atoms with Crippen LogP contribution < -0.4 is 10.5 Å². The van der Waals surface area contributed by atoms with Crippen molar-refractivity contribution in [1.82, 2.24) is 4.90 Å². The standard InChI is InChI=1S/C15H17N3O2/c1-4-9-18-13(14(16)17-15(18)19)11-5-7-12(8-6-11)20-10(2)3/h1,5-8,10,13H,9H2,2-3H3,(H2,16,17,19). The van der Waals surface area contributed by atoms with Gasteiger partial charge in [-0.05, 0) is 31.5 Å². The lowest BCUT2D eigenvalue weighted by molar-refractivity contribution is 0.213. The molecule has 5 nitrogen and oxygen atoms in total. The highest BCUT2D eigenvalue weighted by Crippen LogP contribution is 2.28. The Morgan fingerprint density at radius 2 is 2.10 bits per heavy atom. The minimum atomic E-state index is -0.397. The first kappa shape index (κ1) is 13.9. The fourth-order valence-electron chi connectivity index (χ4n) is 2.11. The normalized spacial score (nSPS) is 18.1. The van der Waals surface area contributed by atoms with Gasteiger partial charge in [-0.25, -0.2) is 4.79 Å². The van der Waals surface area contributed by atoms with Crippen LogP contribution in [-0.2, 0) is 0 Å². The number of benzene rings is 1. The summed E-state index contributed by atoms with van der Waals surface area (Å²) in [6.07, 6.45) is 5.39. The summed E-state index contributed by atoms with van der Waals surface area (Å²) in [5.74, 6) is 3.49. The van der Waals surface area contributed by atoms with E-state index in [0.29, 0.717) is 0 Å². The molecular formula is C15H17N3O2. The number of rotatable bonds is 4. The molecule has 1 aliphatic rings. The van der Waals surface area contributed by atoms with E-state index in [1.807, 2.05) is 38.1 Å². The van der Waals surface area contributed by atoms with E-state index >= 15 is 0 Å². The molecule has 0 aliphatic carbocycles. The molecule has 2 amide bonds. The minimum Gasteiger partial charge on any atom is -0.491 e. The SMILES string of the molecule is C#CCN1C(=O)N=C(N)C1c1ccc(OC(C)C)cc1. The average molecular weight is 271 g/mol. The fraction of sp³-hybridized carbons (Fsp3) is 0.333. The van der Waals surface area contributed by atoms with Crippen molar-refractivity contribution in [1.29, 1.82) is 0 Å². The quantitative estimate of drug-likeness (QED) is 0.851. The summed E-state index contributed by atoms with van der Waals surface area (Å²) in [7, 11) is 0. The van der Waals surface area contributed by atoms with E-state index in [1.165, 1.54) is 4.90 Å². The number of amidine groups is 1. The lowest BCUT2D eigenvalue weighted by Crippen LogP contribution is -2.33. The summed E-state index contributed by atoms with van der Waals surface area (Å²) < 4.78 is 5.58. The van der Waals surface area contributed by atoms with Gasteiger partial charge in [-0.2, -0.15) is 4.99 Å². The van der Waals surface area contributed by atoms with Crippen LogP contribution in [0.1, 0.15) is 25.5 Å². The summed E-state index contributed by atoms with van der Waals surface area (Å²) >= 11 is 0. The topological polar surface area (TPSA) is 67.9 Å². The Hall–Kier alpha value is -2.48. The molecule has 0 radical (unpaired) electrons. The Balaban J connectivity index is 2.24. The Kier molecular flexibility index (Phi) is 3.94. The number of carbonyl (C=O) groups is 1. The van der Waals surface area contributed by atoms with E-state index in [0.717, 1.165) is 11.3 Å². The first-order chi connectivity index (χ1) is 9.52. The summed E-state index contributed by atoms with van der Waals surface area (Å²) in [6, 6.07) is 6.64. The molecule has 1 aliphatic heterocycles. The van der Waals surface area contributed by atoms with Crippen LogP contribution in [0.15, 0.2) is 29.3 Å². The molecule has 1 heterocycles. The van der Waals surface area contributed by atoms with E-state index in [1.54, 1.807) is 0 Å². The maximum absolute atomic E-state index is 11.7. The summed E-state index contributed by atoms with van der Waals surface area (Å²) in [6.45, 7) is 4.10. The Morgan fingerprint density at radius 1 is 1.45 bits per heavy atom. The highest BCUT2D eigenvalue weighted by atomic mass is 16.5. The highest BCUT2D eigenvalue weighted by molar-refractivity contribution is 6.03. The number of nitrogens with two attached hydrogens (primary N) is 1. The molecule has 20 heavy (non-hydrogen) atoms. The van der Waals surface area contributed by atoms with Gasteiger partial charge in [-0.15, -0.1) is 6.42 Å². The van der Waals surface area contributed by atoms with Crippen molar-refractivity contribution in [3.63, 3.8) is 0 Å². The van der Waals surface area contributed by atoms with Gasteiger partial charge in [0.05, 0.1) is 12.6 Å². The predicted molar refractivity (Wildman–Crippen MR) is 77.5 cm³/mol. The van der Waals surface area contributed by atoms with Gasteiger partial charge in [0.1, 0.15) is 17.6 Å². The second kappa shape index (κ2) is 5.66. The number of nitrogens with zero attached hydrogens (tertiary/aromatic N) is 2. The van der Waals surface area contributed by atoms with Crippen molar-refractivity contribution in [3.05, 3.63) is 29.8 Å². The average Bonchev–Trinajstić information content (AvgIpc) is 2.65. The van der Waals surface area contributed by atoms with E-state index in [9.17, 15) is 4.79 Å². The van der Waals surface area contributed by atoms with Crippen LogP contribution in [0.25, 0.3) is 0 Å². The molecular weight excluding hydrogens is 254 g/mol. The number of ether oxygens (including phenoxy) is 1. The van der Waals surface area contributed by atoms with E-state index in [-0.39, 0.29) is 18.5 Å². The summed E-state index contributed by atoms with van der Waals surface area (Å²) in [5, 5.41) is 0. The molecule has 104 valence electrons. The van der Waals surface area contributed by atoms with Crippen LogP contribution in [0.2, 0.25) is 0 Å². The van der Waals surface area contributed by atoms with Gasteiger partial charge in [-0.1, -0.05) is 18.1 Å². The van der Waals surface area contributed by atoms with Crippen molar-refractivity contribution in [3.8, 4) is 18.1 Å². The van der Waals surface area contributed by atoms with Gasteiger partial charge in [-0.3, -0.25) is 4.90 Å². The van der Waals surface area contributed by atoms with Crippen molar-refractivity contribution in [2.24, 2.45) is 10.7 Å². The Labute approximate surface area is 118 Å². The molecule has 0 saturated heterocycles. The molecule has 0 spiro atoms. The van der Waals surface area contributed by atoms with Gasteiger partial charge < -0.3 is 10.5 Å².